The molecule has 0 spiro atoms. The molecular formula is C15H23N3O3. The molecule has 2 atom stereocenters. The average Bonchev–Trinajstić information content (AvgIpc) is 3.00. The van der Waals surface area contributed by atoms with E-state index in [1.807, 2.05) is 10.8 Å². The van der Waals surface area contributed by atoms with E-state index in [1.54, 1.807) is 12.5 Å². The van der Waals surface area contributed by atoms with E-state index in [-0.39, 0.29) is 11.8 Å². The molecule has 21 heavy (non-hydrogen) atoms. The van der Waals surface area contributed by atoms with Crippen molar-refractivity contribution in [2.75, 3.05) is 6.54 Å². The zero-order valence-corrected chi connectivity index (χ0v) is 12.2. The first kappa shape index (κ1) is 15.5. The van der Waals surface area contributed by atoms with Gasteiger partial charge in [0, 0.05) is 25.5 Å². The van der Waals surface area contributed by atoms with Gasteiger partial charge in [0.2, 0.25) is 5.91 Å². The third kappa shape index (κ3) is 4.58. The third-order valence-corrected chi connectivity index (χ3v) is 4.12. The van der Waals surface area contributed by atoms with E-state index in [2.05, 4.69) is 10.3 Å². The van der Waals surface area contributed by atoms with E-state index < -0.39 is 11.9 Å². The predicted octanol–water partition coefficient (Wildman–Crippen LogP) is 1.67. The molecule has 6 heteroatoms. The second-order valence-electron chi connectivity index (χ2n) is 5.63. The van der Waals surface area contributed by atoms with Crippen LogP contribution in [0.3, 0.4) is 0 Å². The number of rotatable bonds is 7. The Morgan fingerprint density at radius 3 is 2.67 bits per heavy atom. The molecule has 1 aromatic rings. The van der Waals surface area contributed by atoms with Gasteiger partial charge in [-0.1, -0.05) is 12.8 Å². The molecule has 1 amide bonds. The molecular weight excluding hydrogens is 270 g/mol. The number of carbonyl (C=O) groups excluding carboxylic acids is 1. The van der Waals surface area contributed by atoms with Gasteiger partial charge in [-0.15, -0.1) is 0 Å². The minimum Gasteiger partial charge on any atom is -0.481 e. The van der Waals surface area contributed by atoms with Gasteiger partial charge in [0.1, 0.15) is 0 Å². The summed E-state index contributed by atoms with van der Waals surface area (Å²) in [6.45, 7) is 1.49. The molecule has 0 saturated heterocycles. The van der Waals surface area contributed by atoms with Gasteiger partial charge in [-0.2, -0.15) is 0 Å². The molecule has 2 rings (SSSR count). The smallest absolute Gasteiger partial charge is 0.307 e. The number of aromatic nitrogens is 2. The lowest BCUT2D eigenvalue weighted by Crippen LogP contribution is -2.40. The summed E-state index contributed by atoms with van der Waals surface area (Å²) >= 11 is 0. The fourth-order valence-corrected chi connectivity index (χ4v) is 2.92. The Bertz CT molecular complexity index is 459. The second-order valence-corrected chi connectivity index (χ2v) is 5.63. The molecule has 0 aliphatic heterocycles. The largest absolute Gasteiger partial charge is 0.481 e. The van der Waals surface area contributed by atoms with E-state index in [0.29, 0.717) is 19.4 Å². The van der Waals surface area contributed by atoms with Crippen molar-refractivity contribution in [2.24, 2.45) is 11.8 Å². The summed E-state index contributed by atoms with van der Waals surface area (Å²) in [5.41, 5.74) is 0. The van der Waals surface area contributed by atoms with Crippen molar-refractivity contribution in [3.8, 4) is 0 Å². The summed E-state index contributed by atoms with van der Waals surface area (Å²) in [6, 6.07) is 0. The van der Waals surface area contributed by atoms with Crippen LogP contribution in [0, 0.1) is 11.8 Å². The van der Waals surface area contributed by atoms with E-state index in [1.165, 1.54) is 0 Å². The number of imidazole rings is 1. The van der Waals surface area contributed by atoms with Gasteiger partial charge < -0.3 is 15.0 Å². The molecule has 0 bridgehead atoms. The normalized spacial score (nSPS) is 21.9. The van der Waals surface area contributed by atoms with Crippen molar-refractivity contribution in [3.63, 3.8) is 0 Å². The summed E-state index contributed by atoms with van der Waals surface area (Å²) < 4.78 is 2.00. The maximum atomic E-state index is 12.1. The van der Waals surface area contributed by atoms with Crippen LogP contribution in [0.25, 0.3) is 0 Å². The summed E-state index contributed by atoms with van der Waals surface area (Å²) in [7, 11) is 0. The Hall–Kier alpha value is -1.85. The lowest BCUT2D eigenvalue weighted by atomic mass is 9.78. The third-order valence-electron chi connectivity index (χ3n) is 4.12. The zero-order valence-electron chi connectivity index (χ0n) is 12.2. The molecule has 1 aromatic heterocycles. The topological polar surface area (TPSA) is 84.2 Å². The number of carboxylic acid groups (broad SMARTS) is 1. The minimum atomic E-state index is -0.838. The molecule has 0 radical (unpaired) electrons. The molecule has 0 unspecified atom stereocenters. The first-order chi connectivity index (χ1) is 10.2. The van der Waals surface area contributed by atoms with Crippen molar-refractivity contribution in [2.45, 2.75) is 45.1 Å². The molecule has 1 saturated carbocycles. The number of amides is 1. The van der Waals surface area contributed by atoms with E-state index >= 15 is 0 Å². The van der Waals surface area contributed by atoms with Gasteiger partial charge in [0.15, 0.2) is 0 Å². The van der Waals surface area contributed by atoms with Gasteiger partial charge in [-0.25, -0.2) is 4.98 Å². The van der Waals surface area contributed by atoms with Crippen LogP contribution >= 0.6 is 0 Å². The number of carbonyl (C=O) groups is 2. The fourth-order valence-electron chi connectivity index (χ4n) is 2.92. The minimum absolute atomic E-state index is 0.0928. The van der Waals surface area contributed by atoms with E-state index in [0.717, 1.165) is 32.2 Å². The number of nitrogens with zero attached hydrogens (tertiary/aromatic N) is 2. The van der Waals surface area contributed by atoms with Crippen LogP contribution < -0.4 is 5.32 Å². The highest BCUT2D eigenvalue weighted by Crippen LogP contribution is 2.30. The molecule has 6 nitrogen and oxygen atoms in total. The molecule has 1 aliphatic carbocycles. The summed E-state index contributed by atoms with van der Waals surface area (Å²) in [6.07, 6.45) is 10.4. The quantitative estimate of drug-likeness (QED) is 0.749. The Balaban J connectivity index is 1.67. The Labute approximate surface area is 124 Å². The van der Waals surface area contributed by atoms with Crippen molar-refractivity contribution in [1.29, 1.82) is 0 Å². The number of hydrogen-bond acceptors (Lipinski definition) is 3. The Morgan fingerprint density at radius 2 is 2.00 bits per heavy atom. The first-order valence-electron chi connectivity index (χ1n) is 7.64. The van der Waals surface area contributed by atoms with Gasteiger partial charge >= 0.3 is 5.97 Å². The Morgan fingerprint density at radius 1 is 1.24 bits per heavy atom. The van der Waals surface area contributed by atoms with Crippen molar-refractivity contribution >= 4 is 11.9 Å². The second kappa shape index (κ2) is 7.81. The number of unbranched alkanes of at least 4 members (excludes halogenated alkanes) is 1. The van der Waals surface area contributed by atoms with Crippen LogP contribution in [0.2, 0.25) is 0 Å². The van der Waals surface area contributed by atoms with Crippen LogP contribution in [0.5, 0.6) is 0 Å². The number of aliphatic carboxylic acids is 1. The van der Waals surface area contributed by atoms with Crippen LogP contribution in [-0.2, 0) is 16.1 Å². The van der Waals surface area contributed by atoms with Crippen molar-refractivity contribution in [3.05, 3.63) is 18.7 Å². The molecule has 116 valence electrons. The highest BCUT2D eigenvalue weighted by Gasteiger charge is 2.35. The fraction of sp³-hybridized carbons (Fsp3) is 0.667. The lowest BCUT2D eigenvalue weighted by molar-refractivity contribution is -0.148. The number of carboxylic acids is 1. The van der Waals surface area contributed by atoms with Crippen LogP contribution in [0.4, 0.5) is 0 Å². The first-order valence-corrected chi connectivity index (χ1v) is 7.64. The summed E-state index contributed by atoms with van der Waals surface area (Å²) in [5, 5.41) is 12.1. The molecule has 1 fully saturated rings. The Kier molecular flexibility index (Phi) is 5.78. The average molecular weight is 293 g/mol. The lowest BCUT2D eigenvalue weighted by Gasteiger charge is -2.27. The SMILES string of the molecule is O=C(O)[C@H]1CCCC[C@H]1C(=O)NCCCCn1ccnc1. The van der Waals surface area contributed by atoms with E-state index in [9.17, 15) is 14.7 Å². The number of nitrogens with one attached hydrogen (secondary N) is 1. The van der Waals surface area contributed by atoms with Gasteiger partial charge in [-0.3, -0.25) is 9.59 Å². The van der Waals surface area contributed by atoms with Gasteiger partial charge in [-0.05, 0) is 25.7 Å². The summed E-state index contributed by atoms with van der Waals surface area (Å²) in [4.78, 5) is 27.3. The van der Waals surface area contributed by atoms with Crippen LogP contribution in [0.1, 0.15) is 38.5 Å². The van der Waals surface area contributed by atoms with E-state index in [4.69, 9.17) is 0 Å². The molecule has 0 aromatic carbocycles. The number of hydrogen-bond donors (Lipinski definition) is 2. The predicted molar refractivity (Wildman–Crippen MR) is 77.6 cm³/mol. The van der Waals surface area contributed by atoms with Crippen molar-refractivity contribution < 1.29 is 14.7 Å². The molecule has 1 heterocycles. The highest BCUT2D eigenvalue weighted by molar-refractivity contribution is 5.84. The zero-order chi connectivity index (χ0) is 15.1. The van der Waals surface area contributed by atoms with Crippen LogP contribution in [0.15, 0.2) is 18.7 Å². The standard InChI is InChI=1S/C15H23N3O3/c19-14(12-5-1-2-6-13(12)15(20)21)17-7-3-4-9-18-10-8-16-11-18/h8,10-13H,1-7,9H2,(H,17,19)(H,20,21)/t12-,13+/m1/s1. The summed E-state index contributed by atoms with van der Waals surface area (Å²) in [5.74, 6) is -1.80. The monoisotopic (exact) mass is 293 g/mol. The maximum absolute atomic E-state index is 12.1. The molecule has 2 N–H and O–H groups in total. The molecule has 1 aliphatic rings. The van der Waals surface area contributed by atoms with Crippen LogP contribution in [-0.4, -0.2) is 33.1 Å². The maximum Gasteiger partial charge on any atom is 0.307 e. The number of aryl methyl sites for hydroxylation is 1. The van der Waals surface area contributed by atoms with Gasteiger partial charge in [0.25, 0.3) is 0 Å². The van der Waals surface area contributed by atoms with Gasteiger partial charge in [0.05, 0.1) is 18.2 Å². The van der Waals surface area contributed by atoms with Crippen molar-refractivity contribution in [1.82, 2.24) is 14.9 Å². The highest BCUT2D eigenvalue weighted by atomic mass is 16.4.